The van der Waals surface area contributed by atoms with E-state index in [9.17, 15) is 4.79 Å². The molecule has 0 radical (unpaired) electrons. The lowest BCUT2D eigenvalue weighted by Gasteiger charge is -2.13. The molecule has 0 unspecified atom stereocenters. The first-order valence-electron chi connectivity index (χ1n) is 8.26. The Labute approximate surface area is 150 Å². The normalized spacial score (nSPS) is 10.8. The van der Waals surface area contributed by atoms with E-state index >= 15 is 0 Å². The predicted molar refractivity (Wildman–Crippen MR) is 102 cm³/mol. The number of nitrogens with zero attached hydrogens (tertiary/aromatic N) is 3. The maximum atomic E-state index is 13.2. The molecule has 0 fully saturated rings. The van der Waals surface area contributed by atoms with Gasteiger partial charge in [0.05, 0.1) is 18.0 Å². The smallest absolute Gasteiger partial charge is 0.267 e. The van der Waals surface area contributed by atoms with Crippen LogP contribution in [0.2, 0.25) is 0 Å². The van der Waals surface area contributed by atoms with E-state index in [1.165, 1.54) is 0 Å². The molecule has 26 heavy (non-hydrogen) atoms. The van der Waals surface area contributed by atoms with E-state index < -0.39 is 0 Å². The van der Waals surface area contributed by atoms with Crippen molar-refractivity contribution in [1.29, 1.82) is 0 Å². The highest BCUT2D eigenvalue weighted by molar-refractivity contribution is 5.80. The molecule has 0 saturated heterocycles. The zero-order chi connectivity index (χ0) is 18.1. The van der Waals surface area contributed by atoms with Crippen molar-refractivity contribution in [2.24, 2.45) is 0 Å². The summed E-state index contributed by atoms with van der Waals surface area (Å²) in [6.07, 6.45) is 1.70. The third-order valence-corrected chi connectivity index (χ3v) is 4.25. The average Bonchev–Trinajstić information content (AvgIpc) is 2.68. The number of methoxy groups -OCH3 is 1. The Kier molecular flexibility index (Phi) is 3.97. The van der Waals surface area contributed by atoms with Crippen molar-refractivity contribution in [3.63, 3.8) is 0 Å². The van der Waals surface area contributed by atoms with Gasteiger partial charge in [-0.05, 0) is 61.0 Å². The fourth-order valence-corrected chi connectivity index (χ4v) is 2.92. The third-order valence-electron chi connectivity index (χ3n) is 4.25. The molecule has 0 amide bonds. The molecule has 5 heteroatoms. The molecule has 128 valence electrons. The van der Waals surface area contributed by atoms with Crippen LogP contribution in [0.1, 0.15) is 5.56 Å². The van der Waals surface area contributed by atoms with Crippen LogP contribution in [0.5, 0.6) is 5.75 Å². The van der Waals surface area contributed by atoms with E-state index in [0.29, 0.717) is 22.5 Å². The third kappa shape index (κ3) is 2.73. The second kappa shape index (κ2) is 6.44. The van der Waals surface area contributed by atoms with Crippen LogP contribution in [-0.4, -0.2) is 21.6 Å². The van der Waals surface area contributed by atoms with Gasteiger partial charge >= 0.3 is 0 Å². The molecule has 4 rings (SSSR count). The highest BCUT2D eigenvalue weighted by Crippen LogP contribution is 2.23. The van der Waals surface area contributed by atoms with Crippen molar-refractivity contribution in [2.45, 2.75) is 6.92 Å². The molecule has 0 atom stereocenters. The molecule has 0 bridgehead atoms. The number of hydrogen-bond acceptors (Lipinski definition) is 4. The summed E-state index contributed by atoms with van der Waals surface area (Å²) in [5, 5.41) is 0.563. The van der Waals surface area contributed by atoms with Crippen LogP contribution >= 0.6 is 0 Å². The van der Waals surface area contributed by atoms with Gasteiger partial charge in [-0.1, -0.05) is 12.1 Å². The summed E-state index contributed by atoms with van der Waals surface area (Å²) in [7, 11) is 1.62. The minimum absolute atomic E-state index is 0.139. The van der Waals surface area contributed by atoms with Crippen molar-refractivity contribution in [3.8, 4) is 23.0 Å². The van der Waals surface area contributed by atoms with Crippen LogP contribution in [0.25, 0.3) is 28.1 Å². The first kappa shape index (κ1) is 16.0. The minimum Gasteiger partial charge on any atom is -0.497 e. The topological polar surface area (TPSA) is 57.0 Å². The van der Waals surface area contributed by atoms with Gasteiger partial charge < -0.3 is 4.74 Å². The zero-order valence-electron chi connectivity index (χ0n) is 14.5. The number of pyridine rings is 1. The number of aromatic nitrogens is 3. The highest BCUT2D eigenvalue weighted by atomic mass is 16.5. The Morgan fingerprint density at radius 1 is 1.00 bits per heavy atom. The summed E-state index contributed by atoms with van der Waals surface area (Å²) in [6, 6.07) is 18.6. The number of hydrogen-bond donors (Lipinski definition) is 0. The van der Waals surface area contributed by atoms with E-state index in [1.807, 2.05) is 61.5 Å². The largest absolute Gasteiger partial charge is 0.497 e. The monoisotopic (exact) mass is 343 g/mol. The van der Waals surface area contributed by atoms with Crippen molar-refractivity contribution in [1.82, 2.24) is 14.5 Å². The van der Waals surface area contributed by atoms with Crippen LogP contribution < -0.4 is 10.3 Å². The quantitative estimate of drug-likeness (QED) is 0.568. The fourth-order valence-electron chi connectivity index (χ4n) is 2.92. The summed E-state index contributed by atoms with van der Waals surface area (Å²) in [6.45, 7) is 1.97. The van der Waals surface area contributed by atoms with Gasteiger partial charge in [-0.2, -0.15) is 0 Å². The van der Waals surface area contributed by atoms with Crippen LogP contribution in [0.3, 0.4) is 0 Å². The van der Waals surface area contributed by atoms with E-state index in [-0.39, 0.29) is 5.56 Å². The standard InChI is InChI=1S/C21H17N3O2/c1-14-11-12-22-19(13-14)24-20(15-7-9-16(26-2)10-8-15)23-18-6-4-3-5-17(18)21(24)25/h3-13H,1-2H3. The number of fused-ring (bicyclic) bond motifs is 1. The van der Waals surface area contributed by atoms with Crippen LogP contribution in [0, 0.1) is 6.92 Å². The van der Waals surface area contributed by atoms with Crippen molar-refractivity contribution in [2.75, 3.05) is 7.11 Å². The molecule has 5 nitrogen and oxygen atoms in total. The van der Waals surface area contributed by atoms with Gasteiger partial charge in [-0.3, -0.25) is 4.79 Å². The maximum Gasteiger partial charge on any atom is 0.267 e. The molecule has 0 aliphatic heterocycles. The van der Waals surface area contributed by atoms with Gasteiger partial charge in [0.25, 0.3) is 5.56 Å². The number of rotatable bonds is 3. The van der Waals surface area contributed by atoms with Crippen molar-refractivity contribution in [3.05, 3.63) is 82.8 Å². The molecule has 0 N–H and O–H groups in total. The number of benzene rings is 2. The van der Waals surface area contributed by atoms with E-state index in [4.69, 9.17) is 9.72 Å². The molecule has 0 spiro atoms. The van der Waals surface area contributed by atoms with Gasteiger partial charge in [0, 0.05) is 11.8 Å². The Hall–Kier alpha value is -3.47. The molecule has 2 aromatic heterocycles. The summed E-state index contributed by atoms with van der Waals surface area (Å²) >= 11 is 0. The number of aryl methyl sites for hydroxylation is 1. The van der Waals surface area contributed by atoms with E-state index in [1.54, 1.807) is 23.9 Å². The van der Waals surface area contributed by atoms with E-state index in [2.05, 4.69) is 4.98 Å². The molecule has 2 aromatic carbocycles. The minimum atomic E-state index is -0.139. The first-order chi connectivity index (χ1) is 12.7. The van der Waals surface area contributed by atoms with Gasteiger partial charge in [0.1, 0.15) is 17.4 Å². The van der Waals surface area contributed by atoms with Crippen LogP contribution in [0.4, 0.5) is 0 Å². The Morgan fingerprint density at radius 2 is 1.77 bits per heavy atom. The molecular formula is C21H17N3O2. The van der Waals surface area contributed by atoms with Gasteiger partial charge in [0.2, 0.25) is 0 Å². The SMILES string of the molecule is COc1ccc(-c2nc3ccccc3c(=O)n2-c2cc(C)ccn2)cc1. The van der Waals surface area contributed by atoms with Gasteiger partial charge in [-0.25, -0.2) is 14.5 Å². The van der Waals surface area contributed by atoms with Gasteiger partial charge in [0.15, 0.2) is 0 Å². The first-order valence-corrected chi connectivity index (χ1v) is 8.26. The molecular weight excluding hydrogens is 326 g/mol. The summed E-state index contributed by atoms with van der Waals surface area (Å²) in [5.41, 5.74) is 2.36. The van der Waals surface area contributed by atoms with Gasteiger partial charge in [-0.15, -0.1) is 0 Å². The number of ether oxygens (including phenoxy) is 1. The Bertz CT molecular complexity index is 1150. The molecule has 4 aromatic rings. The molecule has 0 saturated carbocycles. The molecule has 2 heterocycles. The predicted octanol–water partition coefficient (Wildman–Crippen LogP) is 3.76. The number of para-hydroxylation sites is 1. The molecule has 0 aliphatic carbocycles. The fraction of sp³-hybridized carbons (Fsp3) is 0.0952. The Morgan fingerprint density at radius 3 is 2.50 bits per heavy atom. The second-order valence-electron chi connectivity index (χ2n) is 6.01. The second-order valence-corrected chi connectivity index (χ2v) is 6.01. The van der Waals surface area contributed by atoms with Crippen molar-refractivity contribution < 1.29 is 4.74 Å². The van der Waals surface area contributed by atoms with Crippen LogP contribution in [-0.2, 0) is 0 Å². The van der Waals surface area contributed by atoms with E-state index in [0.717, 1.165) is 16.9 Å². The Balaban J connectivity index is 2.06. The summed E-state index contributed by atoms with van der Waals surface area (Å²) in [4.78, 5) is 22.4. The lowest BCUT2D eigenvalue weighted by atomic mass is 10.1. The lowest BCUT2D eigenvalue weighted by molar-refractivity contribution is 0.415. The van der Waals surface area contributed by atoms with Crippen LogP contribution in [0.15, 0.2) is 71.7 Å². The lowest BCUT2D eigenvalue weighted by Crippen LogP contribution is -2.22. The van der Waals surface area contributed by atoms with Crippen molar-refractivity contribution >= 4 is 10.9 Å². The summed E-state index contributed by atoms with van der Waals surface area (Å²) < 4.78 is 6.79. The average molecular weight is 343 g/mol. The zero-order valence-corrected chi connectivity index (χ0v) is 14.5. The molecule has 0 aliphatic rings. The highest BCUT2D eigenvalue weighted by Gasteiger charge is 2.15. The maximum absolute atomic E-state index is 13.2. The summed E-state index contributed by atoms with van der Waals surface area (Å²) in [5.74, 6) is 1.85.